The second kappa shape index (κ2) is 9.53. The quantitative estimate of drug-likeness (QED) is 0.429. The monoisotopic (exact) mass is 446 g/mol. The van der Waals surface area contributed by atoms with E-state index in [2.05, 4.69) is 5.32 Å². The molecule has 0 saturated heterocycles. The Hall–Kier alpha value is -3.84. The van der Waals surface area contributed by atoms with E-state index in [1.807, 2.05) is 30.3 Å². The van der Waals surface area contributed by atoms with E-state index in [1.165, 1.54) is 10.6 Å². The summed E-state index contributed by atoms with van der Waals surface area (Å²) in [4.78, 5) is 13.2. The molecule has 162 valence electrons. The summed E-state index contributed by atoms with van der Waals surface area (Å²) in [7, 11) is -3.93. The van der Waals surface area contributed by atoms with Crippen molar-refractivity contribution in [1.29, 1.82) is 0 Å². The second-order valence-corrected chi connectivity index (χ2v) is 8.95. The average molecular weight is 447 g/mol. The van der Waals surface area contributed by atoms with Crippen molar-refractivity contribution in [3.63, 3.8) is 0 Å². The number of benzene rings is 3. The molecule has 7 heteroatoms. The lowest BCUT2D eigenvalue weighted by Gasteiger charge is -2.26. The molecule has 1 amide bonds. The molecule has 0 unspecified atom stereocenters. The van der Waals surface area contributed by atoms with Gasteiger partial charge in [-0.3, -0.25) is 9.10 Å². The Morgan fingerprint density at radius 3 is 2.16 bits per heavy atom. The van der Waals surface area contributed by atoms with Gasteiger partial charge in [0.05, 0.1) is 35.5 Å². The highest BCUT2D eigenvalue weighted by Crippen LogP contribution is 2.29. The summed E-state index contributed by atoms with van der Waals surface area (Å²) in [5, 5.41) is 2.80. The maximum absolute atomic E-state index is 13.6. The van der Waals surface area contributed by atoms with E-state index in [4.69, 9.17) is 4.42 Å². The molecule has 0 radical (unpaired) electrons. The molecule has 6 nitrogen and oxygen atoms in total. The number of carbonyl (C=O) groups is 1. The fourth-order valence-corrected chi connectivity index (χ4v) is 4.82. The van der Waals surface area contributed by atoms with Crippen molar-refractivity contribution >= 4 is 21.6 Å². The molecule has 0 aliphatic heterocycles. The number of furan rings is 1. The van der Waals surface area contributed by atoms with Gasteiger partial charge < -0.3 is 9.73 Å². The third kappa shape index (κ3) is 4.73. The molecule has 1 aromatic heterocycles. The smallest absolute Gasteiger partial charge is 0.264 e. The van der Waals surface area contributed by atoms with Gasteiger partial charge in [0, 0.05) is 0 Å². The predicted molar refractivity (Wildman–Crippen MR) is 123 cm³/mol. The van der Waals surface area contributed by atoms with Crippen LogP contribution in [0.4, 0.5) is 5.69 Å². The number of amides is 1. The van der Waals surface area contributed by atoms with Crippen LogP contribution in [-0.4, -0.2) is 14.3 Å². The van der Waals surface area contributed by atoms with Gasteiger partial charge in [-0.1, -0.05) is 60.7 Å². The highest BCUT2D eigenvalue weighted by atomic mass is 32.2. The lowest BCUT2D eigenvalue weighted by Crippen LogP contribution is -2.33. The van der Waals surface area contributed by atoms with Crippen LogP contribution >= 0.6 is 0 Å². The lowest BCUT2D eigenvalue weighted by molar-refractivity contribution is 0.0948. The summed E-state index contributed by atoms with van der Waals surface area (Å²) in [6.07, 6.45) is 1.53. The van der Waals surface area contributed by atoms with Gasteiger partial charge in [0.15, 0.2) is 0 Å². The number of rotatable bonds is 8. The summed E-state index contributed by atoms with van der Waals surface area (Å²) >= 11 is 0. The first-order chi connectivity index (χ1) is 15.6. The van der Waals surface area contributed by atoms with Crippen molar-refractivity contribution in [2.24, 2.45) is 0 Å². The van der Waals surface area contributed by atoms with Crippen LogP contribution in [0, 0.1) is 0 Å². The van der Waals surface area contributed by atoms with Gasteiger partial charge >= 0.3 is 0 Å². The first-order valence-electron chi connectivity index (χ1n) is 10.1. The lowest BCUT2D eigenvalue weighted by atomic mass is 10.1. The SMILES string of the molecule is O=C(NCc1ccco1)c1ccccc1N(Cc1ccccc1)S(=O)(=O)c1ccccc1. The van der Waals surface area contributed by atoms with Crippen molar-refractivity contribution in [3.05, 3.63) is 120 Å². The van der Waals surface area contributed by atoms with Gasteiger partial charge in [0.25, 0.3) is 15.9 Å². The summed E-state index contributed by atoms with van der Waals surface area (Å²) in [5.74, 6) is 0.215. The van der Waals surface area contributed by atoms with Crippen molar-refractivity contribution in [2.45, 2.75) is 18.0 Å². The molecule has 0 fully saturated rings. The molecular formula is C25H22N2O4S. The third-order valence-corrected chi connectivity index (χ3v) is 6.69. The maximum Gasteiger partial charge on any atom is 0.264 e. The molecule has 1 heterocycles. The fraction of sp³-hybridized carbons (Fsp3) is 0.0800. The molecule has 32 heavy (non-hydrogen) atoms. The molecule has 4 aromatic rings. The van der Waals surface area contributed by atoms with E-state index in [0.717, 1.165) is 5.56 Å². The van der Waals surface area contributed by atoms with Crippen LogP contribution in [0.15, 0.2) is 113 Å². The molecule has 4 rings (SSSR count). The number of sulfonamides is 1. The first kappa shape index (κ1) is 21.4. The fourth-order valence-electron chi connectivity index (χ4n) is 3.33. The van der Waals surface area contributed by atoms with Gasteiger partial charge in [-0.05, 0) is 42.0 Å². The molecule has 0 spiro atoms. The summed E-state index contributed by atoms with van der Waals surface area (Å²) in [5.41, 5.74) is 1.37. The highest BCUT2D eigenvalue weighted by Gasteiger charge is 2.28. The number of para-hydroxylation sites is 1. The molecule has 0 saturated carbocycles. The number of hydrogen-bond donors (Lipinski definition) is 1. The maximum atomic E-state index is 13.6. The van der Waals surface area contributed by atoms with E-state index in [-0.39, 0.29) is 23.5 Å². The van der Waals surface area contributed by atoms with Crippen molar-refractivity contribution in [3.8, 4) is 0 Å². The Kier molecular flexibility index (Phi) is 6.37. The van der Waals surface area contributed by atoms with E-state index in [9.17, 15) is 13.2 Å². The van der Waals surface area contributed by atoms with Crippen LogP contribution in [0.5, 0.6) is 0 Å². The summed E-state index contributed by atoms with van der Waals surface area (Å²) < 4.78 is 33.8. The number of carbonyl (C=O) groups excluding carboxylic acids is 1. The van der Waals surface area contributed by atoms with Crippen LogP contribution < -0.4 is 9.62 Å². The Balaban J connectivity index is 1.74. The van der Waals surface area contributed by atoms with Gasteiger partial charge in [-0.2, -0.15) is 0 Å². The highest BCUT2D eigenvalue weighted by molar-refractivity contribution is 7.92. The van der Waals surface area contributed by atoms with Crippen LogP contribution in [0.3, 0.4) is 0 Å². The first-order valence-corrected chi connectivity index (χ1v) is 11.5. The zero-order valence-electron chi connectivity index (χ0n) is 17.2. The Morgan fingerprint density at radius 1 is 0.812 bits per heavy atom. The van der Waals surface area contributed by atoms with Gasteiger partial charge in [-0.25, -0.2) is 8.42 Å². The van der Waals surface area contributed by atoms with Crippen LogP contribution in [-0.2, 0) is 23.1 Å². The summed E-state index contributed by atoms with van der Waals surface area (Å²) in [6, 6.07) is 27.7. The van der Waals surface area contributed by atoms with Crippen molar-refractivity contribution < 1.29 is 17.6 Å². The minimum atomic E-state index is -3.93. The van der Waals surface area contributed by atoms with Crippen LogP contribution in [0.25, 0.3) is 0 Å². The van der Waals surface area contributed by atoms with Gasteiger partial charge in [0.2, 0.25) is 0 Å². The standard InChI is InChI=1S/C25H22N2O4S/c28-25(26-18-21-12-9-17-31-21)23-15-7-8-16-24(23)27(19-20-10-3-1-4-11-20)32(29,30)22-13-5-2-6-14-22/h1-17H,18-19H2,(H,26,28). The molecule has 0 aliphatic carbocycles. The van der Waals surface area contributed by atoms with E-state index in [0.29, 0.717) is 11.4 Å². The predicted octanol–water partition coefficient (Wildman–Crippen LogP) is 4.61. The van der Waals surface area contributed by atoms with E-state index in [1.54, 1.807) is 66.7 Å². The van der Waals surface area contributed by atoms with E-state index >= 15 is 0 Å². The minimum Gasteiger partial charge on any atom is -0.467 e. The van der Waals surface area contributed by atoms with Crippen LogP contribution in [0.2, 0.25) is 0 Å². The largest absolute Gasteiger partial charge is 0.467 e. The third-order valence-electron chi connectivity index (χ3n) is 4.92. The Bertz CT molecular complexity index is 1270. The minimum absolute atomic E-state index is 0.0839. The second-order valence-electron chi connectivity index (χ2n) is 7.09. The van der Waals surface area contributed by atoms with E-state index < -0.39 is 15.9 Å². The topological polar surface area (TPSA) is 79.6 Å². The van der Waals surface area contributed by atoms with Gasteiger partial charge in [-0.15, -0.1) is 0 Å². The van der Waals surface area contributed by atoms with Gasteiger partial charge in [0.1, 0.15) is 5.76 Å². The average Bonchev–Trinajstić information content (AvgIpc) is 3.36. The number of nitrogens with one attached hydrogen (secondary N) is 1. The molecule has 0 bridgehead atoms. The molecule has 0 atom stereocenters. The van der Waals surface area contributed by atoms with Crippen LogP contribution in [0.1, 0.15) is 21.7 Å². The molecule has 0 aliphatic rings. The number of nitrogens with zero attached hydrogens (tertiary/aromatic N) is 1. The Morgan fingerprint density at radius 2 is 1.47 bits per heavy atom. The normalized spacial score (nSPS) is 11.1. The molecular weight excluding hydrogens is 424 g/mol. The zero-order chi connectivity index (χ0) is 22.4. The zero-order valence-corrected chi connectivity index (χ0v) is 18.0. The van der Waals surface area contributed by atoms with Crippen molar-refractivity contribution in [1.82, 2.24) is 5.32 Å². The Labute approximate surface area is 187 Å². The molecule has 1 N–H and O–H groups in total. The molecule has 3 aromatic carbocycles. The number of hydrogen-bond acceptors (Lipinski definition) is 4. The van der Waals surface area contributed by atoms with Crippen molar-refractivity contribution in [2.75, 3.05) is 4.31 Å². The number of anilines is 1. The summed E-state index contributed by atoms with van der Waals surface area (Å²) in [6.45, 7) is 0.283.